The number of halogens is 1. The summed E-state index contributed by atoms with van der Waals surface area (Å²) in [7, 11) is 0. The second kappa shape index (κ2) is 14.1. The van der Waals surface area contributed by atoms with E-state index in [1.54, 1.807) is 58.4 Å². The molecular weight excluding hydrogens is 654 g/mol. The summed E-state index contributed by atoms with van der Waals surface area (Å²) in [4.78, 5) is 49.9. The summed E-state index contributed by atoms with van der Waals surface area (Å²) in [5.74, 6) is -2.52. The lowest BCUT2D eigenvalue weighted by atomic mass is 9.62. The molecule has 3 saturated heterocycles. The first kappa shape index (κ1) is 35.4. The Kier molecular flexibility index (Phi) is 9.95. The van der Waals surface area contributed by atoms with E-state index >= 15 is 9.59 Å². The van der Waals surface area contributed by atoms with Gasteiger partial charge in [-0.15, -0.1) is 13.2 Å². The maximum atomic E-state index is 15.2. The fourth-order valence-electron chi connectivity index (χ4n) is 8.43. The Morgan fingerprint density at radius 1 is 1.00 bits per heavy atom. The van der Waals surface area contributed by atoms with E-state index in [0.29, 0.717) is 40.7 Å². The van der Waals surface area contributed by atoms with Gasteiger partial charge in [-0.2, -0.15) is 0 Å². The van der Waals surface area contributed by atoms with Crippen molar-refractivity contribution in [1.29, 1.82) is 0 Å². The molecule has 3 aliphatic rings. The molecule has 3 fully saturated rings. The van der Waals surface area contributed by atoms with Crippen LogP contribution in [0.1, 0.15) is 38.8 Å². The zero-order valence-electron chi connectivity index (χ0n) is 28.7. The molecule has 9 nitrogen and oxygen atoms in total. The number of aliphatic hydroxyl groups excluding tert-OH is 1. The van der Waals surface area contributed by atoms with Gasteiger partial charge in [0.1, 0.15) is 17.4 Å². The van der Waals surface area contributed by atoms with Crippen molar-refractivity contribution in [2.45, 2.75) is 50.5 Å². The number of carbonyl (C=O) groups excluding carboxylic acids is 3. The first-order valence-electron chi connectivity index (χ1n) is 17.1. The Morgan fingerprint density at radius 2 is 1.58 bits per heavy atom. The highest BCUT2D eigenvalue weighted by Gasteiger charge is 2.80. The molecule has 0 radical (unpaired) electrons. The highest BCUT2D eigenvalue weighted by molar-refractivity contribution is 6.30. The third-order valence-electron chi connectivity index (χ3n) is 10.7. The molecule has 3 amide bonds. The second-order valence-corrected chi connectivity index (χ2v) is 13.9. The molecule has 50 heavy (non-hydrogen) atoms. The van der Waals surface area contributed by atoms with Crippen molar-refractivity contribution in [3.8, 4) is 5.75 Å². The average Bonchev–Trinajstić information content (AvgIpc) is 3.64. The van der Waals surface area contributed by atoms with Gasteiger partial charge in [0.2, 0.25) is 11.8 Å². The molecule has 3 aliphatic heterocycles. The molecule has 3 aromatic carbocycles. The van der Waals surface area contributed by atoms with E-state index in [2.05, 4.69) is 13.2 Å². The predicted molar refractivity (Wildman–Crippen MR) is 194 cm³/mol. The Morgan fingerprint density at radius 3 is 2.14 bits per heavy atom. The summed E-state index contributed by atoms with van der Waals surface area (Å²) >= 11 is 6.21. The molecule has 2 bridgehead atoms. The summed E-state index contributed by atoms with van der Waals surface area (Å²) in [5.41, 5.74) is -0.552. The van der Waals surface area contributed by atoms with E-state index in [9.17, 15) is 9.90 Å². The standard InChI is InChI=1S/C40H44ClN3O6/c1-6-22-42(30-18-20-31(21-19-30)49-8-3)36(46)33-34-37(47)44(32(25-45)27-12-10-9-11-13-27)35(40(34)24-26(4)39(33,5)50-40)38(48)43(23-7-2)29-16-14-28(41)15-17-29/h6-7,9-21,26,32-35,45H,1-2,8,22-25H2,3-5H3/t26?,32-,33-,34+,35?,39+,40?/m1/s1. The number of fused-ring (bicyclic) bond motifs is 1. The first-order valence-corrected chi connectivity index (χ1v) is 17.4. The minimum absolute atomic E-state index is 0.148. The van der Waals surface area contributed by atoms with Crippen molar-refractivity contribution >= 4 is 40.7 Å². The van der Waals surface area contributed by atoms with Crippen LogP contribution < -0.4 is 14.5 Å². The first-order chi connectivity index (χ1) is 24.1. The summed E-state index contributed by atoms with van der Waals surface area (Å²) in [6, 6.07) is 21.2. The summed E-state index contributed by atoms with van der Waals surface area (Å²) < 4.78 is 12.7. The number of amides is 3. The molecule has 7 atom stereocenters. The van der Waals surface area contributed by atoms with Gasteiger partial charge in [0.05, 0.1) is 36.7 Å². The maximum absolute atomic E-state index is 15.2. The number of nitrogens with zero attached hydrogens (tertiary/aromatic N) is 3. The quantitative estimate of drug-likeness (QED) is 0.213. The SMILES string of the molecule is C=CCN(C(=O)C1N([C@H](CO)c2ccccc2)C(=O)[C@@H]2[C@H](C(=O)N(CC=C)c3ccc(OCC)cc3)[C@@]3(C)OC12CC3C)c1ccc(Cl)cc1. The Bertz CT molecular complexity index is 1750. The number of hydrogen-bond donors (Lipinski definition) is 1. The van der Waals surface area contributed by atoms with E-state index < -0.39 is 53.5 Å². The Balaban J connectivity index is 1.50. The topological polar surface area (TPSA) is 99.6 Å². The minimum atomic E-state index is -1.35. The summed E-state index contributed by atoms with van der Waals surface area (Å²) in [6.45, 7) is 14.0. The largest absolute Gasteiger partial charge is 0.494 e. The van der Waals surface area contributed by atoms with Gasteiger partial charge in [-0.05, 0) is 80.3 Å². The van der Waals surface area contributed by atoms with Gasteiger partial charge in [0.25, 0.3) is 5.91 Å². The molecular formula is C40H44ClN3O6. The van der Waals surface area contributed by atoms with Crippen LogP contribution >= 0.6 is 11.6 Å². The van der Waals surface area contributed by atoms with E-state index in [0.717, 1.165) is 0 Å². The van der Waals surface area contributed by atoms with Crippen LogP contribution in [0.3, 0.4) is 0 Å². The van der Waals surface area contributed by atoms with E-state index in [-0.39, 0.29) is 24.9 Å². The number of anilines is 2. The smallest absolute Gasteiger partial charge is 0.253 e. The third-order valence-corrected chi connectivity index (χ3v) is 11.0. The average molecular weight is 698 g/mol. The van der Waals surface area contributed by atoms with E-state index in [1.165, 1.54) is 4.90 Å². The van der Waals surface area contributed by atoms with E-state index in [4.69, 9.17) is 21.1 Å². The van der Waals surface area contributed by atoms with Crippen LogP contribution in [-0.4, -0.2) is 71.3 Å². The lowest BCUT2D eigenvalue weighted by Crippen LogP contribution is -2.57. The minimum Gasteiger partial charge on any atom is -0.494 e. The van der Waals surface area contributed by atoms with Gasteiger partial charge in [-0.25, -0.2) is 0 Å². The van der Waals surface area contributed by atoms with Gasteiger partial charge in [0, 0.05) is 29.5 Å². The molecule has 1 spiro atoms. The number of aliphatic hydroxyl groups is 1. The highest BCUT2D eigenvalue weighted by atomic mass is 35.5. The van der Waals surface area contributed by atoms with Gasteiger partial charge >= 0.3 is 0 Å². The second-order valence-electron chi connectivity index (χ2n) is 13.4. The summed E-state index contributed by atoms with van der Waals surface area (Å²) in [6.07, 6.45) is 3.64. The molecule has 3 unspecified atom stereocenters. The van der Waals surface area contributed by atoms with Crippen molar-refractivity contribution in [2.75, 3.05) is 36.1 Å². The lowest BCUT2D eigenvalue weighted by molar-refractivity contribution is -0.149. The summed E-state index contributed by atoms with van der Waals surface area (Å²) in [5, 5.41) is 11.4. The monoisotopic (exact) mass is 697 g/mol. The van der Waals surface area contributed by atoms with Crippen LogP contribution in [0, 0.1) is 17.8 Å². The van der Waals surface area contributed by atoms with Crippen molar-refractivity contribution in [3.63, 3.8) is 0 Å². The fourth-order valence-corrected chi connectivity index (χ4v) is 8.55. The molecule has 6 rings (SSSR count). The predicted octanol–water partition coefficient (Wildman–Crippen LogP) is 6.22. The lowest BCUT2D eigenvalue weighted by Gasteiger charge is -2.39. The van der Waals surface area contributed by atoms with E-state index in [1.807, 2.05) is 63.2 Å². The number of rotatable bonds is 13. The molecule has 3 aromatic rings. The van der Waals surface area contributed by atoms with Gasteiger partial charge in [-0.1, -0.05) is 61.0 Å². The molecule has 3 heterocycles. The number of carbonyl (C=O) groups is 3. The van der Waals surface area contributed by atoms with Crippen LogP contribution in [0.5, 0.6) is 5.75 Å². The molecule has 10 heteroatoms. The number of benzene rings is 3. The highest BCUT2D eigenvalue weighted by Crippen LogP contribution is 2.66. The fraction of sp³-hybridized carbons (Fsp3) is 0.375. The number of likely N-dealkylation sites (tertiary alicyclic amines) is 1. The molecule has 1 N–H and O–H groups in total. The third kappa shape index (κ3) is 5.71. The van der Waals surface area contributed by atoms with Crippen molar-refractivity contribution in [2.24, 2.45) is 17.8 Å². The molecule has 0 aliphatic carbocycles. The Hall–Kier alpha value is -4.44. The van der Waals surface area contributed by atoms with Gasteiger partial charge < -0.3 is 29.3 Å². The van der Waals surface area contributed by atoms with Crippen LogP contribution in [0.15, 0.2) is 104 Å². The van der Waals surface area contributed by atoms with Crippen LogP contribution in [0.4, 0.5) is 11.4 Å². The van der Waals surface area contributed by atoms with Crippen LogP contribution in [-0.2, 0) is 19.1 Å². The number of ether oxygens (including phenoxy) is 2. The van der Waals surface area contributed by atoms with Crippen molar-refractivity contribution in [1.82, 2.24) is 4.90 Å². The van der Waals surface area contributed by atoms with Crippen LogP contribution in [0.2, 0.25) is 5.02 Å². The zero-order valence-corrected chi connectivity index (χ0v) is 29.5. The molecule has 0 saturated carbocycles. The molecule has 262 valence electrons. The number of hydrogen-bond acceptors (Lipinski definition) is 6. The zero-order chi connectivity index (χ0) is 35.8. The molecule has 0 aromatic heterocycles. The normalized spacial score (nSPS) is 27.1. The van der Waals surface area contributed by atoms with Crippen LogP contribution in [0.25, 0.3) is 0 Å². The van der Waals surface area contributed by atoms with Gasteiger partial charge in [0.15, 0.2) is 0 Å². The van der Waals surface area contributed by atoms with Crippen molar-refractivity contribution < 1.29 is 29.0 Å². The Labute approximate surface area is 298 Å². The van der Waals surface area contributed by atoms with Gasteiger partial charge in [-0.3, -0.25) is 14.4 Å². The van der Waals surface area contributed by atoms with Crippen molar-refractivity contribution in [3.05, 3.63) is 115 Å². The maximum Gasteiger partial charge on any atom is 0.253 e.